The molecule has 5 nitrogen and oxygen atoms in total. The van der Waals surface area contributed by atoms with Crippen molar-refractivity contribution in [3.05, 3.63) is 0 Å². The van der Waals surface area contributed by atoms with E-state index in [1.807, 2.05) is 20.8 Å². The Bertz CT molecular complexity index is 277. The van der Waals surface area contributed by atoms with Crippen molar-refractivity contribution in [2.75, 3.05) is 12.4 Å². The summed E-state index contributed by atoms with van der Waals surface area (Å²) in [5, 5.41) is 2.64. The van der Waals surface area contributed by atoms with Crippen LogP contribution in [0.25, 0.3) is 0 Å². The molecule has 6 heteroatoms. The summed E-state index contributed by atoms with van der Waals surface area (Å²) in [5.41, 5.74) is 5.12. The molecule has 0 bridgehead atoms. The van der Waals surface area contributed by atoms with E-state index in [0.29, 0.717) is 13.0 Å². The van der Waals surface area contributed by atoms with E-state index in [2.05, 4.69) is 5.32 Å². The number of unbranched alkanes of at least 4 members (excludes halogenated alkanes) is 1. The average molecular weight is 279 g/mol. The smallest absolute Gasteiger partial charge is 0.407 e. The molecule has 0 saturated carbocycles. The van der Waals surface area contributed by atoms with Gasteiger partial charge in [-0.25, -0.2) is 4.79 Å². The summed E-state index contributed by atoms with van der Waals surface area (Å²) >= 11 is 5.39. The summed E-state index contributed by atoms with van der Waals surface area (Å²) in [6, 6.07) is -0.496. The molecule has 0 aliphatic carbocycles. The van der Waals surface area contributed by atoms with Crippen LogP contribution in [0.15, 0.2) is 0 Å². The van der Waals surface area contributed by atoms with E-state index in [9.17, 15) is 9.59 Å². The summed E-state index contributed by atoms with van der Waals surface area (Å²) in [5.74, 6) is -0.186. The number of halogens is 1. The average Bonchev–Trinajstić information content (AvgIpc) is 2.24. The van der Waals surface area contributed by atoms with Gasteiger partial charge in [0.2, 0.25) is 0 Å². The standard InChI is InChI=1S/C12H23ClN2O3/c1-12(2,3)18-11(17)15-7-5-4-6-9(14)10(16)8-13/h9H,4-8,14H2,1-3H3,(H,15,17)/t9-/m0/s1. The molecule has 0 unspecified atom stereocenters. The maximum Gasteiger partial charge on any atom is 0.407 e. The quantitative estimate of drug-likeness (QED) is 0.550. The first-order valence-electron chi connectivity index (χ1n) is 6.07. The minimum absolute atomic E-state index is 0.0443. The molecule has 0 aromatic carbocycles. The van der Waals surface area contributed by atoms with Crippen LogP contribution < -0.4 is 11.1 Å². The van der Waals surface area contributed by atoms with E-state index >= 15 is 0 Å². The lowest BCUT2D eigenvalue weighted by Gasteiger charge is -2.19. The van der Waals surface area contributed by atoms with Crippen LogP contribution in [0.2, 0.25) is 0 Å². The summed E-state index contributed by atoms with van der Waals surface area (Å²) in [6.45, 7) is 5.94. The van der Waals surface area contributed by atoms with Gasteiger partial charge in [0.25, 0.3) is 0 Å². The van der Waals surface area contributed by atoms with Crippen molar-refractivity contribution in [3.8, 4) is 0 Å². The van der Waals surface area contributed by atoms with E-state index in [1.165, 1.54) is 0 Å². The van der Waals surface area contributed by atoms with Crippen molar-refractivity contribution in [2.45, 2.75) is 51.7 Å². The number of carbonyl (C=O) groups is 2. The largest absolute Gasteiger partial charge is 0.444 e. The lowest BCUT2D eigenvalue weighted by Crippen LogP contribution is -2.33. The van der Waals surface area contributed by atoms with E-state index in [1.54, 1.807) is 0 Å². The van der Waals surface area contributed by atoms with Crippen molar-refractivity contribution in [1.29, 1.82) is 0 Å². The number of hydrogen-bond acceptors (Lipinski definition) is 4. The van der Waals surface area contributed by atoms with Gasteiger partial charge in [-0.15, -0.1) is 11.6 Å². The van der Waals surface area contributed by atoms with Gasteiger partial charge in [-0.05, 0) is 40.0 Å². The molecule has 0 aliphatic rings. The van der Waals surface area contributed by atoms with Crippen LogP contribution in [0.4, 0.5) is 4.79 Å². The maximum absolute atomic E-state index is 11.3. The van der Waals surface area contributed by atoms with Crippen LogP contribution in [0, 0.1) is 0 Å². The molecule has 0 aromatic heterocycles. The van der Waals surface area contributed by atoms with Crippen LogP contribution in [-0.2, 0) is 9.53 Å². The van der Waals surface area contributed by atoms with E-state index in [-0.39, 0.29) is 11.7 Å². The zero-order chi connectivity index (χ0) is 14.2. The number of alkyl halides is 1. The zero-order valence-corrected chi connectivity index (χ0v) is 12.0. The van der Waals surface area contributed by atoms with Gasteiger partial charge in [0, 0.05) is 6.54 Å². The highest BCUT2D eigenvalue weighted by Gasteiger charge is 2.15. The molecule has 0 aromatic rings. The normalized spacial score (nSPS) is 12.9. The number of amides is 1. The van der Waals surface area contributed by atoms with Crippen LogP contribution in [0.5, 0.6) is 0 Å². The number of alkyl carbamates (subject to hydrolysis) is 1. The molecule has 0 aliphatic heterocycles. The molecule has 0 fully saturated rings. The predicted molar refractivity (Wildman–Crippen MR) is 71.8 cm³/mol. The molecule has 0 spiro atoms. The van der Waals surface area contributed by atoms with Gasteiger partial charge in [-0.3, -0.25) is 4.79 Å². The van der Waals surface area contributed by atoms with Crippen LogP contribution in [0.1, 0.15) is 40.0 Å². The fourth-order valence-corrected chi connectivity index (χ4v) is 1.45. The molecule has 18 heavy (non-hydrogen) atoms. The van der Waals surface area contributed by atoms with Gasteiger partial charge in [-0.2, -0.15) is 0 Å². The van der Waals surface area contributed by atoms with Gasteiger partial charge in [0.15, 0.2) is 5.78 Å². The first kappa shape index (κ1) is 17.2. The third kappa shape index (κ3) is 9.24. The summed E-state index contributed by atoms with van der Waals surface area (Å²) in [4.78, 5) is 22.4. The molecule has 3 N–H and O–H groups in total. The molecule has 106 valence electrons. The van der Waals surface area contributed by atoms with Crippen LogP contribution >= 0.6 is 11.6 Å². The first-order chi connectivity index (χ1) is 8.26. The highest BCUT2D eigenvalue weighted by Crippen LogP contribution is 2.06. The van der Waals surface area contributed by atoms with Crippen LogP contribution in [-0.4, -0.2) is 35.9 Å². The van der Waals surface area contributed by atoms with Crippen molar-refractivity contribution in [3.63, 3.8) is 0 Å². The number of hydrogen-bond donors (Lipinski definition) is 2. The number of carbonyl (C=O) groups excluding carboxylic acids is 2. The van der Waals surface area contributed by atoms with Gasteiger partial charge in [0.1, 0.15) is 5.60 Å². The highest BCUT2D eigenvalue weighted by molar-refractivity contribution is 6.28. The molecular formula is C12H23ClN2O3. The number of nitrogens with one attached hydrogen (secondary N) is 1. The molecule has 1 atom stereocenters. The molecule has 0 radical (unpaired) electrons. The van der Waals surface area contributed by atoms with Gasteiger partial charge >= 0.3 is 6.09 Å². The maximum atomic E-state index is 11.3. The summed E-state index contributed by atoms with van der Waals surface area (Å²) in [7, 11) is 0. The van der Waals surface area contributed by atoms with Gasteiger partial charge in [0.05, 0.1) is 11.9 Å². The number of nitrogens with two attached hydrogens (primary N) is 1. The Morgan fingerprint density at radius 3 is 2.44 bits per heavy atom. The lowest BCUT2D eigenvalue weighted by atomic mass is 10.1. The van der Waals surface area contributed by atoms with Gasteiger partial charge in [-0.1, -0.05) is 0 Å². The number of ketones is 1. The first-order valence-corrected chi connectivity index (χ1v) is 6.61. The Morgan fingerprint density at radius 1 is 1.33 bits per heavy atom. The Hall–Kier alpha value is -0.810. The molecular weight excluding hydrogens is 256 g/mol. The number of ether oxygens (including phenoxy) is 1. The Labute approximate surface area is 113 Å². The second-order valence-corrected chi connectivity index (χ2v) is 5.40. The minimum atomic E-state index is -0.496. The van der Waals surface area contributed by atoms with E-state index in [4.69, 9.17) is 22.1 Å². The summed E-state index contributed by atoms with van der Waals surface area (Å²) < 4.78 is 5.07. The Kier molecular flexibility index (Phi) is 7.95. The molecule has 1 amide bonds. The molecule has 0 heterocycles. The SMILES string of the molecule is CC(C)(C)OC(=O)NCCCC[C@H](N)C(=O)CCl. The van der Waals surface area contributed by atoms with Crippen molar-refractivity contribution >= 4 is 23.5 Å². The second-order valence-electron chi connectivity index (χ2n) is 5.13. The number of Topliss-reactive ketones (excluding diaryl/α,β-unsaturated/α-hetero) is 1. The monoisotopic (exact) mass is 278 g/mol. The highest BCUT2D eigenvalue weighted by atomic mass is 35.5. The molecule has 0 rings (SSSR count). The predicted octanol–water partition coefficient (Wildman–Crippen LogP) is 1.82. The molecule has 0 saturated heterocycles. The van der Waals surface area contributed by atoms with Gasteiger partial charge < -0.3 is 15.8 Å². The lowest BCUT2D eigenvalue weighted by molar-refractivity contribution is -0.118. The summed E-state index contributed by atoms with van der Waals surface area (Å²) in [6.07, 6.45) is 1.67. The van der Waals surface area contributed by atoms with Crippen LogP contribution in [0.3, 0.4) is 0 Å². The van der Waals surface area contributed by atoms with E-state index < -0.39 is 17.7 Å². The Balaban J connectivity index is 3.57. The van der Waals surface area contributed by atoms with Crippen molar-refractivity contribution in [1.82, 2.24) is 5.32 Å². The zero-order valence-electron chi connectivity index (χ0n) is 11.3. The Morgan fingerprint density at radius 2 is 1.94 bits per heavy atom. The minimum Gasteiger partial charge on any atom is -0.444 e. The third-order valence-electron chi connectivity index (χ3n) is 2.16. The van der Waals surface area contributed by atoms with Crippen molar-refractivity contribution < 1.29 is 14.3 Å². The second kappa shape index (κ2) is 8.32. The number of rotatable bonds is 7. The fourth-order valence-electron chi connectivity index (χ4n) is 1.25. The fraction of sp³-hybridized carbons (Fsp3) is 0.833. The van der Waals surface area contributed by atoms with Crippen molar-refractivity contribution in [2.24, 2.45) is 5.73 Å². The topological polar surface area (TPSA) is 81.4 Å². The van der Waals surface area contributed by atoms with E-state index in [0.717, 1.165) is 12.8 Å². The third-order valence-corrected chi connectivity index (χ3v) is 2.42.